The molecule has 1 rings (SSSR count). The summed E-state index contributed by atoms with van der Waals surface area (Å²) in [6.45, 7) is 2.28. The van der Waals surface area contributed by atoms with Crippen LogP contribution in [0.5, 0.6) is 0 Å². The fraction of sp³-hybridized carbons (Fsp3) is 0.417. The van der Waals surface area contributed by atoms with Gasteiger partial charge in [0.05, 0.1) is 11.0 Å². The number of carboxylic acid groups (broad SMARTS) is 1. The molecule has 0 spiro atoms. The number of anilines is 1. The van der Waals surface area contributed by atoms with E-state index >= 15 is 0 Å². The monoisotopic (exact) mass is 270 g/mol. The van der Waals surface area contributed by atoms with E-state index in [-0.39, 0.29) is 18.0 Å². The maximum absolute atomic E-state index is 13.1. The van der Waals surface area contributed by atoms with Gasteiger partial charge in [-0.3, -0.25) is 14.9 Å². The van der Waals surface area contributed by atoms with E-state index in [1.807, 2.05) is 6.92 Å². The summed E-state index contributed by atoms with van der Waals surface area (Å²) in [6.07, 6.45) is 0.548. The van der Waals surface area contributed by atoms with E-state index in [9.17, 15) is 19.3 Å². The maximum atomic E-state index is 13.1. The molecule has 0 aliphatic carbocycles. The number of rotatable bonds is 7. The minimum Gasteiger partial charge on any atom is -0.481 e. The Bertz CT molecular complexity index is 479. The molecule has 0 fully saturated rings. The van der Waals surface area contributed by atoms with Gasteiger partial charge < -0.3 is 10.4 Å². The number of aliphatic carboxylic acids is 1. The lowest BCUT2D eigenvalue weighted by atomic mass is 10.1. The van der Waals surface area contributed by atoms with Crippen molar-refractivity contribution in [2.75, 3.05) is 11.9 Å². The Morgan fingerprint density at radius 3 is 2.79 bits per heavy atom. The van der Waals surface area contributed by atoms with Crippen LogP contribution in [-0.2, 0) is 4.79 Å². The number of nitro groups is 1. The maximum Gasteiger partial charge on any atom is 0.303 e. The smallest absolute Gasteiger partial charge is 0.303 e. The van der Waals surface area contributed by atoms with Gasteiger partial charge in [0, 0.05) is 24.7 Å². The predicted octanol–water partition coefficient (Wildman–Crippen LogP) is 2.65. The van der Waals surface area contributed by atoms with Gasteiger partial charge in [-0.05, 0) is 18.4 Å². The Hall–Kier alpha value is -2.18. The third-order valence-corrected chi connectivity index (χ3v) is 2.60. The second-order valence-corrected chi connectivity index (χ2v) is 4.37. The van der Waals surface area contributed by atoms with Crippen LogP contribution in [0.4, 0.5) is 15.8 Å². The SMILES string of the molecule is CC(CCC(=O)O)CNc1cc(F)cc([N+](=O)[O-])c1. The van der Waals surface area contributed by atoms with E-state index in [2.05, 4.69) is 5.32 Å². The van der Waals surface area contributed by atoms with Crippen LogP contribution >= 0.6 is 0 Å². The van der Waals surface area contributed by atoms with Crippen molar-refractivity contribution in [2.45, 2.75) is 19.8 Å². The molecule has 7 heteroatoms. The lowest BCUT2D eigenvalue weighted by Gasteiger charge is -2.12. The number of non-ortho nitro benzene ring substituents is 1. The highest BCUT2D eigenvalue weighted by Gasteiger charge is 2.11. The first-order chi connectivity index (χ1) is 8.88. The fourth-order valence-electron chi connectivity index (χ4n) is 1.55. The Kier molecular flexibility index (Phi) is 5.23. The second-order valence-electron chi connectivity index (χ2n) is 4.37. The number of carbonyl (C=O) groups is 1. The van der Waals surface area contributed by atoms with E-state index < -0.39 is 16.7 Å². The van der Waals surface area contributed by atoms with Crippen molar-refractivity contribution in [3.8, 4) is 0 Å². The molecule has 2 N–H and O–H groups in total. The zero-order valence-electron chi connectivity index (χ0n) is 10.4. The second kappa shape index (κ2) is 6.67. The van der Waals surface area contributed by atoms with Crippen LogP contribution in [0.25, 0.3) is 0 Å². The number of nitrogens with zero attached hydrogens (tertiary/aromatic N) is 1. The highest BCUT2D eigenvalue weighted by atomic mass is 19.1. The first-order valence-electron chi connectivity index (χ1n) is 5.79. The van der Waals surface area contributed by atoms with Gasteiger partial charge in [0.2, 0.25) is 0 Å². The minimum atomic E-state index is -0.867. The molecule has 0 radical (unpaired) electrons. The summed E-state index contributed by atoms with van der Waals surface area (Å²) in [4.78, 5) is 20.3. The molecule has 104 valence electrons. The van der Waals surface area contributed by atoms with Gasteiger partial charge in [0.25, 0.3) is 5.69 Å². The van der Waals surface area contributed by atoms with Crippen LogP contribution in [0.2, 0.25) is 0 Å². The van der Waals surface area contributed by atoms with Gasteiger partial charge in [-0.1, -0.05) is 6.92 Å². The van der Waals surface area contributed by atoms with Gasteiger partial charge in [0.15, 0.2) is 0 Å². The van der Waals surface area contributed by atoms with E-state index in [4.69, 9.17) is 5.11 Å². The van der Waals surface area contributed by atoms with Crippen molar-refractivity contribution in [1.29, 1.82) is 0 Å². The summed E-state index contributed by atoms with van der Waals surface area (Å²) in [7, 11) is 0. The molecule has 1 aromatic rings. The molecule has 1 aromatic carbocycles. The molecule has 0 bridgehead atoms. The number of nitrogens with one attached hydrogen (secondary N) is 1. The van der Waals surface area contributed by atoms with Crippen LogP contribution < -0.4 is 5.32 Å². The number of halogens is 1. The van der Waals surface area contributed by atoms with Crippen molar-refractivity contribution in [1.82, 2.24) is 0 Å². The minimum absolute atomic E-state index is 0.0617. The van der Waals surface area contributed by atoms with E-state index in [1.165, 1.54) is 6.07 Å². The average Bonchev–Trinajstić information content (AvgIpc) is 2.33. The third-order valence-electron chi connectivity index (χ3n) is 2.60. The molecule has 1 unspecified atom stereocenters. The van der Waals surface area contributed by atoms with Crippen molar-refractivity contribution in [3.05, 3.63) is 34.1 Å². The Labute approximate surface area is 109 Å². The molecule has 0 saturated carbocycles. The molecule has 0 saturated heterocycles. The zero-order valence-corrected chi connectivity index (χ0v) is 10.4. The predicted molar refractivity (Wildman–Crippen MR) is 67.6 cm³/mol. The molecule has 0 aliphatic rings. The molecule has 0 aromatic heterocycles. The zero-order chi connectivity index (χ0) is 14.4. The van der Waals surface area contributed by atoms with Gasteiger partial charge in [-0.25, -0.2) is 4.39 Å². The van der Waals surface area contributed by atoms with Crippen LogP contribution in [0.15, 0.2) is 18.2 Å². The summed E-state index contributed by atoms with van der Waals surface area (Å²) in [5.74, 6) is -1.48. The van der Waals surface area contributed by atoms with Crippen LogP contribution in [0.3, 0.4) is 0 Å². The number of carboxylic acids is 1. The highest BCUT2D eigenvalue weighted by molar-refractivity contribution is 5.66. The van der Waals surface area contributed by atoms with E-state index in [1.54, 1.807) is 0 Å². The first-order valence-corrected chi connectivity index (χ1v) is 5.79. The fourth-order valence-corrected chi connectivity index (χ4v) is 1.55. The number of hydrogen-bond acceptors (Lipinski definition) is 4. The summed E-state index contributed by atoms with van der Waals surface area (Å²) in [6, 6.07) is 3.25. The standard InChI is InChI=1S/C12H15FN2O4/c1-8(2-3-12(16)17)7-14-10-4-9(13)5-11(6-10)15(18)19/h4-6,8,14H,2-3,7H2,1H3,(H,16,17). The molecule has 6 nitrogen and oxygen atoms in total. The quantitative estimate of drug-likeness (QED) is 0.587. The molecule has 0 aliphatic heterocycles. The van der Waals surface area contributed by atoms with Crippen molar-refractivity contribution in [2.24, 2.45) is 5.92 Å². The normalized spacial score (nSPS) is 11.9. The van der Waals surface area contributed by atoms with Crippen molar-refractivity contribution < 1.29 is 19.2 Å². The molecule has 1 atom stereocenters. The number of nitro benzene ring substituents is 1. The molecule has 19 heavy (non-hydrogen) atoms. The van der Waals surface area contributed by atoms with Crippen LogP contribution in [0, 0.1) is 21.8 Å². The Balaban J connectivity index is 2.57. The largest absolute Gasteiger partial charge is 0.481 e. The van der Waals surface area contributed by atoms with Crippen molar-refractivity contribution in [3.63, 3.8) is 0 Å². The summed E-state index contributed by atoms with van der Waals surface area (Å²) in [5, 5.41) is 22.0. The van der Waals surface area contributed by atoms with E-state index in [0.717, 1.165) is 12.1 Å². The topological polar surface area (TPSA) is 92.5 Å². The average molecular weight is 270 g/mol. The Morgan fingerprint density at radius 1 is 1.53 bits per heavy atom. The third kappa shape index (κ3) is 5.33. The summed E-state index contributed by atoms with van der Waals surface area (Å²) in [5.41, 5.74) is -0.00503. The Morgan fingerprint density at radius 2 is 2.21 bits per heavy atom. The molecule has 0 heterocycles. The molecule has 0 amide bonds. The van der Waals surface area contributed by atoms with E-state index in [0.29, 0.717) is 18.7 Å². The number of hydrogen-bond donors (Lipinski definition) is 2. The van der Waals surface area contributed by atoms with Gasteiger partial charge in [0.1, 0.15) is 5.82 Å². The lowest BCUT2D eigenvalue weighted by molar-refractivity contribution is -0.385. The van der Waals surface area contributed by atoms with Gasteiger partial charge >= 0.3 is 5.97 Å². The lowest BCUT2D eigenvalue weighted by Crippen LogP contribution is -2.13. The highest BCUT2D eigenvalue weighted by Crippen LogP contribution is 2.20. The van der Waals surface area contributed by atoms with Gasteiger partial charge in [-0.15, -0.1) is 0 Å². The van der Waals surface area contributed by atoms with Crippen molar-refractivity contribution >= 4 is 17.3 Å². The summed E-state index contributed by atoms with van der Waals surface area (Å²) >= 11 is 0. The van der Waals surface area contributed by atoms with Gasteiger partial charge in [-0.2, -0.15) is 0 Å². The van der Waals surface area contributed by atoms with Crippen LogP contribution in [0.1, 0.15) is 19.8 Å². The first kappa shape index (κ1) is 14.9. The molecular weight excluding hydrogens is 255 g/mol. The summed E-state index contributed by atoms with van der Waals surface area (Å²) < 4.78 is 13.1. The molecular formula is C12H15FN2O4. The van der Waals surface area contributed by atoms with Crippen LogP contribution in [-0.4, -0.2) is 22.5 Å². The number of benzene rings is 1.